The molecule has 1 spiro atoms. The summed E-state index contributed by atoms with van der Waals surface area (Å²) in [6.45, 7) is 17.9. The van der Waals surface area contributed by atoms with E-state index < -0.39 is 23.7 Å². The van der Waals surface area contributed by atoms with Gasteiger partial charge in [0.2, 0.25) is 11.8 Å². The van der Waals surface area contributed by atoms with E-state index in [4.69, 9.17) is 14.0 Å². The Labute approximate surface area is 251 Å². The smallest absolute Gasteiger partial charge is 0.399 e. The first-order valence-corrected chi connectivity index (χ1v) is 16.2. The van der Waals surface area contributed by atoms with Crippen molar-refractivity contribution >= 4 is 30.1 Å². The maximum Gasteiger partial charge on any atom is 0.494 e. The van der Waals surface area contributed by atoms with Crippen LogP contribution in [-0.4, -0.2) is 91.4 Å². The lowest BCUT2D eigenvalue weighted by Gasteiger charge is -2.46. The summed E-state index contributed by atoms with van der Waals surface area (Å²) in [5.41, 5.74) is 2.07. The van der Waals surface area contributed by atoms with Crippen molar-refractivity contribution in [1.82, 2.24) is 9.80 Å². The third-order valence-electron chi connectivity index (χ3n) is 11.8. The molecule has 8 nitrogen and oxygen atoms in total. The van der Waals surface area contributed by atoms with E-state index >= 15 is 0 Å². The molecule has 1 aliphatic carbocycles. The highest BCUT2D eigenvalue weighted by Gasteiger charge is 2.57. The predicted octanol–water partition coefficient (Wildman–Crippen LogP) is 3.49. The molecule has 5 aliphatic heterocycles. The van der Waals surface area contributed by atoms with E-state index in [0.717, 1.165) is 42.6 Å². The molecule has 4 saturated heterocycles. The lowest BCUT2D eigenvalue weighted by Crippen LogP contribution is -2.58. The summed E-state index contributed by atoms with van der Waals surface area (Å²) in [6.07, 6.45) is 5.18. The molecule has 42 heavy (non-hydrogen) atoms. The van der Waals surface area contributed by atoms with Crippen molar-refractivity contribution < 1.29 is 23.6 Å². The molecule has 1 saturated carbocycles. The first kappa shape index (κ1) is 28.8. The fourth-order valence-electron chi connectivity index (χ4n) is 8.03. The Morgan fingerprint density at radius 1 is 0.929 bits per heavy atom. The minimum Gasteiger partial charge on any atom is -0.399 e. The number of rotatable bonds is 5. The zero-order valence-electron chi connectivity index (χ0n) is 26.4. The van der Waals surface area contributed by atoms with Gasteiger partial charge in [0.25, 0.3) is 0 Å². The number of nitrogens with zero attached hydrogens (tertiary/aromatic N) is 3. The van der Waals surface area contributed by atoms with Gasteiger partial charge in [-0.15, -0.1) is 0 Å². The van der Waals surface area contributed by atoms with Crippen molar-refractivity contribution in [1.29, 1.82) is 0 Å². The summed E-state index contributed by atoms with van der Waals surface area (Å²) >= 11 is 0. The van der Waals surface area contributed by atoms with Gasteiger partial charge in [-0.3, -0.25) is 14.5 Å². The molecule has 0 radical (unpaired) electrons. The van der Waals surface area contributed by atoms with Crippen LogP contribution in [-0.2, 0) is 29.0 Å². The van der Waals surface area contributed by atoms with E-state index in [-0.39, 0.29) is 17.9 Å². The van der Waals surface area contributed by atoms with Gasteiger partial charge < -0.3 is 23.8 Å². The second-order valence-electron chi connectivity index (χ2n) is 15.8. The van der Waals surface area contributed by atoms with Gasteiger partial charge in [-0.2, -0.15) is 0 Å². The number of hydrogen-bond donors (Lipinski definition) is 0. The van der Waals surface area contributed by atoms with Crippen molar-refractivity contribution in [2.24, 2.45) is 11.3 Å². The van der Waals surface area contributed by atoms with E-state index in [0.29, 0.717) is 62.9 Å². The van der Waals surface area contributed by atoms with E-state index in [2.05, 4.69) is 69.5 Å². The minimum absolute atomic E-state index is 0.201. The number of carbonyl (C=O) groups excluding carboxylic acids is 2. The SMILES string of the molecule is CC1(C)CCN(C2CC(N3C(=O)C4(CCN(C(=O)CC5COC5)CC4)c4ccc(B5OC(C)(C)C(C)(C)O5)cc43)C2)C1. The van der Waals surface area contributed by atoms with Gasteiger partial charge in [0.15, 0.2) is 0 Å². The van der Waals surface area contributed by atoms with Crippen LogP contribution in [0.15, 0.2) is 18.2 Å². The van der Waals surface area contributed by atoms with Crippen LogP contribution in [0.1, 0.15) is 85.6 Å². The van der Waals surface area contributed by atoms with E-state index in [1.807, 2.05) is 4.90 Å². The molecule has 2 amide bonds. The summed E-state index contributed by atoms with van der Waals surface area (Å²) in [5.74, 6) is 0.777. The lowest BCUT2D eigenvalue weighted by molar-refractivity contribution is -0.140. The normalized spacial score (nSPS) is 31.4. The predicted molar refractivity (Wildman–Crippen MR) is 163 cm³/mol. The zero-order valence-corrected chi connectivity index (χ0v) is 26.4. The molecule has 6 aliphatic rings. The van der Waals surface area contributed by atoms with Gasteiger partial charge >= 0.3 is 7.12 Å². The van der Waals surface area contributed by atoms with Gasteiger partial charge in [0, 0.05) is 49.7 Å². The van der Waals surface area contributed by atoms with Crippen molar-refractivity contribution in [2.45, 2.75) is 109 Å². The van der Waals surface area contributed by atoms with Crippen LogP contribution in [0.2, 0.25) is 0 Å². The fraction of sp³-hybridized carbons (Fsp3) is 0.758. The van der Waals surface area contributed by atoms with Crippen LogP contribution in [0.5, 0.6) is 0 Å². The quantitative estimate of drug-likeness (QED) is 0.500. The van der Waals surface area contributed by atoms with Crippen LogP contribution in [0, 0.1) is 11.3 Å². The number of amides is 2. The number of piperidine rings is 1. The number of hydrogen-bond acceptors (Lipinski definition) is 6. The largest absolute Gasteiger partial charge is 0.494 e. The molecule has 1 aromatic carbocycles. The maximum atomic E-state index is 14.6. The molecule has 5 heterocycles. The summed E-state index contributed by atoms with van der Waals surface area (Å²) in [4.78, 5) is 34.4. The van der Waals surface area contributed by atoms with E-state index in [1.165, 1.54) is 6.42 Å². The van der Waals surface area contributed by atoms with Crippen molar-refractivity contribution in [2.75, 3.05) is 44.3 Å². The Morgan fingerprint density at radius 2 is 1.60 bits per heavy atom. The molecular weight excluding hydrogens is 529 g/mol. The van der Waals surface area contributed by atoms with Crippen LogP contribution < -0.4 is 10.4 Å². The molecule has 0 aromatic heterocycles. The standard InChI is InChI=1S/C33H48BN3O5/c1-30(2)9-12-36(21-30)24-17-25(18-24)37-27-16-23(34-41-31(3,4)32(5,6)42-34)7-8-26(27)33(29(37)39)10-13-35(14-11-33)28(38)15-22-19-40-20-22/h7-8,16,22,24-25H,9-15,17-21H2,1-6H3. The average molecular weight is 578 g/mol. The van der Waals surface area contributed by atoms with Crippen molar-refractivity contribution in [3.8, 4) is 0 Å². The first-order chi connectivity index (χ1) is 19.8. The fourth-order valence-corrected chi connectivity index (χ4v) is 8.03. The molecule has 7 rings (SSSR count). The maximum absolute atomic E-state index is 14.6. The molecule has 0 N–H and O–H groups in total. The second-order valence-corrected chi connectivity index (χ2v) is 15.8. The molecule has 0 unspecified atom stereocenters. The van der Waals surface area contributed by atoms with Crippen LogP contribution in [0.25, 0.3) is 0 Å². The van der Waals surface area contributed by atoms with Crippen molar-refractivity contribution in [3.63, 3.8) is 0 Å². The Kier molecular flexibility index (Phi) is 6.71. The van der Waals surface area contributed by atoms with Gasteiger partial charge in [0.1, 0.15) is 0 Å². The third kappa shape index (κ3) is 4.56. The first-order valence-electron chi connectivity index (χ1n) is 16.2. The molecule has 0 atom stereocenters. The molecule has 1 aromatic rings. The van der Waals surface area contributed by atoms with Gasteiger partial charge in [-0.1, -0.05) is 26.0 Å². The Balaban J connectivity index is 1.15. The van der Waals surface area contributed by atoms with Crippen LogP contribution in [0.3, 0.4) is 0 Å². The average Bonchev–Trinajstić information content (AvgIpc) is 3.43. The highest BCUT2D eigenvalue weighted by molar-refractivity contribution is 6.62. The van der Waals surface area contributed by atoms with Crippen molar-refractivity contribution in [3.05, 3.63) is 23.8 Å². The van der Waals surface area contributed by atoms with Gasteiger partial charge in [-0.25, -0.2) is 0 Å². The lowest BCUT2D eigenvalue weighted by atomic mass is 9.71. The number of ether oxygens (including phenoxy) is 1. The molecule has 0 bridgehead atoms. The Morgan fingerprint density at radius 3 is 2.17 bits per heavy atom. The van der Waals surface area contributed by atoms with E-state index in [9.17, 15) is 9.59 Å². The minimum atomic E-state index is -0.569. The summed E-state index contributed by atoms with van der Waals surface area (Å²) < 4.78 is 18.1. The highest BCUT2D eigenvalue weighted by Crippen LogP contribution is 2.51. The second kappa shape index (κ2) is 9.78. The molecule has 9 heteroatoms. The zero-order chi connectivity index (χ0) is 29.7. The summed E-state index contributed by atoms with van der Waals surface area (Å²) in [6, 6.07) is 7.19. The summed E-state index contributed by atoms with van der Waals surface area (Å²) in [5, 5.41) is 0. The molecule has 228 valence electrons. The Bertz CT molecular complexity index is 1250. The van der Waals surface area contributed by atoms with Crippen LogP contribution in [0.4, 0.5) is 5.69 Å². The topological polar surface area (TPSA) is 71.6 Å². The number of carbonyl (C=O) groups is 2. The van der Waals surface area contributed by atoms with Crippen LogP contribution >= 0.6 is 0 Å². The monoisotopic (exact) mass is 577 g/mol. The Hall–Kier alpha value is -1.94. The number of fused-ring (bicyclic) bond motifs is 2. The summed E-state index contributed by atoms with van der Waals surface area (Å²) in [7, 11) is -0.468. The molecule has 5 fully saturated rings. The number of anilines is 1. The van der Waals surface area contributed by atoms with Gasteiger partial charge in [-0.05, 0) is 88.9 Å². The molecular formula is C33H48BN3O5. The van der Waals surface area contributed by atoms with Gasteiger partial charge in [0.05, 0.1) is 29.8 Å². The highest BCUT2D eigenvalue weighted by atomic mass is 16.7. The third-order valence-corrected chi connectivity index (χ3v) is 11.8. The number of benzene rings is 1. The number of likely N-dealkylation sites (tertiary alicyclic amines) is 2. The van der Waals surface area contributed by atoms with E-state index in [1.54, 1.807) is 0 Å².